The van der Waals surface area contributed by atoms with E-state index in [-0.39, 0.29) is 0 Å². The number of hydrogen-bond acceptors (Lipinski definition) is 5. The summed E-state index contributed by atoms with van der Waals surface area (Å²) in [4.78, 5) is 22.1. The van der Waals surface area contributed by atoms with Gasteiger partial charge in [0.15, 0.2) is 0 Å². The van der Waals surface area contributed by atoms with Gasteiger partial charge in [-0.25, -0.2) is 14.8 Å². The van der Waals surface area contributed by atoms with E-state index in [1.165, 1.54) is 0 Å². The van der Waals surface area contributed by atoms with Crippen molar-refractivity contribution in [2.24, 2.45) is 0 Å². The van der Waals surface area contributed by atoms with Gasteiger partial charge in [0.05, 0.1) is 5.56 Å². The smallest absolute Gasteiger partial charge is 0.335 e. The van der Waals surface area contributed by atoms with Crippen LogP contribution in [0.2, 0.25) is 0 Å². The molecule has 1 aromatic carbocycles. The number of hydrogen-bond donors (Lipinski definition) is 2. The lowest BCUT2D eigenvalue weighted by molar-refractivity contribution is 0.0696. The first-order chi connectivity index (χ1) is 12.2. The Kier molecular flexibility index (Phi) is 5.60. The van der Waals surface area contributed by atoms with Crippen molar-refractivity contribution in [3.63, 3.8) is 0 Å². The van der Waals surface area contributed by atoms with Crippen molar-refractivity contribution in [1.29, 1.82) is 0 Å². The molecule has 1 aliphatic rings. The summed E-state index contributed by atoms with van der Waals surface area (Å²) < 4.78 is 0. The molecular weight excluding hydrogens is 316 g/mol. The highest BCUT2D eigenvalue weighted by Crippen LogP contribution is 2.18. The Labute approximate surface area is 147 Å². The fourth-order valence-electron chi connectivity index (χ4n) is 3.18. The summed E-state index contributed by atoms with van der Waals surface area (Å²) >= 11 is 0. The van der Waals surface area contributed by atoms with Crippen LogP contribution in [0.3, 0.4) is 0 Å². The van der Waals surface area contributed by atoms with Gasteiger partial charge in [0, 0.05) is 37.4 Å². The maximum Gasteiger partial charge on any atom is 0.335 e. The Balaban J connectivity index is 1.60. The number of aryl methyl sites for hydroxylation is 1. The van der Waals surface area contributed by atoms with E-state index in [0.29, 0.717) is 18.2 Å². The van der Waals surface area contributed by atoms with Crippen LogP contribution in [0.4, 0.5) is 5.82 Å². The van der Waals surface area contributed by atoms with E-state index in [0.717, 1.165) is 49.4 Å². The summed E-state index contributed by atoms with van der Waals surface area (Å²) in [7, 11) is 0. The van der Waals surface area contributed by atoms with Crippen LogP contribution in [-0.4, -0.2) is 40.2 Å². The predicted molar refractivity (Wildman–Crippen MR) is 96.9 cm³/mol. The average Bonchev–Trinajstić information content (AvgIpc) is 2.67. The van der Waals surface area contributed by atoms with E-state index in [4.69, 9.17) is 5.11 Å². The summed E-state index contributed by atoms with van der Waals surface area (Å²) in [6.07, 6.45) is 4.77. The number of anilines is 1. The minimum Gasteiger partial charge on any atom is -0.478 e. The standard InChI is InChI=1S/C19H24N4O2/c1-2-16-10-18(22-13-21-16)23-8-4-7-17(12-23)20-11-14-5-3-6-15(9-14)19(24)25/h3,5-6,9-10,13,17,20H,2,4,7-8,11-12H2,1H3,(H,24,25). The normalized spacial score (nSPS) is 17.5. The van der Waals surface area contributed by atoms with Crippen molar-refractivity contribution < 1.29 is 9.90 Å². The number of nitrogens with one attached hydrogen (secondary N) is 1. The van der Waals surface area contributed by atoms with Crippen LogP contribution in [0.1, 0.15) is 41.4 Å². The first-order valence-electron chi connectivity index (χ1n) is 8.77. The molecule has 0 spiro atoms. The molecule has 1 atom stereocenters. The highest BCUT2D eigenvalue weighted by Gasteiger charge is 2.20. The molecule has 0 amide bonds. The largest absolute Gasteiger partial charge is 0.478 e. The molecule has 2 heterocycles. The summed E-state index contributed by atoms with van der Waals surface area (Å²) in [5, 5.41) is 12.6. The van der Waals surface area contributed by atoms with E-state index < -0.39 is 5.97 Å². The lowest BCUT2D eigenvalue weighted by Gasteiger charge is -2.34. The Hall–Kier alpha value is -2.47. The van der Waals surface area contributed by atoms with Crippen molar-refractivity contribution in [1.82, 2.24) is 15.3 Å². The molecule has 6 heteroatoms. The van der Waals surface area contributed by atoms with Gasteiger partial charge in [-0.15, -0.1) is 0 Å². The van der Waals surface area contributed by atoms with Crippen LogP contribution in [-0.2, 0) is 13.0 Å². The molecule has 2 N–H and O–H groups in total. The quantitative estimate of drug-likeness (QED) is 0.841. The molecule has 0 radical (unpaired) electrons. The topological polar surface area (TPSA) is 78.4 Å². The molecule has 132 valence electrons. The Bertz CT molecular complexity index is 735. The molecule has 0 bridgehead atoms. The number of nitrogens with zero attached hydrogens (tertiary/aromatic N) is 3. The van der Waals surface area contributed by atoms with Gasteiger partial charge in [-0.05, 0) is 37.0 Å². The number of aromatic nitrogens is 2. The number of rotatable bonds is 6. The predicted octanol–water partition coefficient (Wildman–Crippen LogP) is 2.50. The third kappa shape index (κ3) is 4.54. The van der Waals surface area contributed by atoms with Crippen LogP contribution in [0.25, 0.3) is 0 Å². The molecule has 0 saturated carbocycles. The lowest BCUT2D eigenvalue weighted by Crippen LogP contribution is -2.45. The molecule has 2 aromatic rings. The number of piperidine rings is 1. The second-order valence-electron chi connectivity index (χ2n) is 6.39. The number of carboxylic acid groups (broad SMARTS) is 1. The van der Waals surface area contributed by atoms with Gasteiger partial charge in [0.1, 0.15) is 12.1 Å². The fourth-order valence-corrected chi connectivity index (χ4v) is 3.18. The molecule has 1 saturated heterocycles. The monoisotopic (exact) mass is 340 g/mol. The SMILES string of the molecule is CCc1cc(N2CCCC(NCc3cccc(C(=O)O)c3)C2)ncn1. The summed E-state index contributed by atoms with van der Waals surface area (Å²) in [5.41, 5.74) is 2.38. The molecule has 1 fully saturated rings. The van der Waals surface area contributed by atoms with Crippen molar-refractivity contribution in [2.45, 2.75) is 38.8 Å². The number of aromatic carboxylic acids is 1. The fraction of sp³-hybridized carbons (Fsp3) is 0.421. The second kappa shape index (κ2) is 8.07. The second-order valence-corrected chi connectivity index (χ2v) is 6.39. The molecule has 0 aliphatic carbocycles. The Morgan fingerprint density at radius 2 is 2.24 bits per heavy atom. The van der Waals surface area contributed by atoms with Crippen LogP contribution in [0.15, 0.2) is 36.7 Å². The first-order valence-corrected chi connectivity index (χ1v) is 8.77. The van der Waals surface area contributed by atoms with Crippen LogP contribution in [0, 0.1) is 0 Å². The van der Waals surface area contributed by atoms with Gasteiger partial charge in [0.2, 0.25) is 0 Å². The third-order valence-corrected chi connectivity index (χ3v) is 4.59. The molecular formula is C19H24N4O2. The van der Waals surface area contributed by atoms with Crippen molar-refractivity contribution in [3.05, 3.63) is 53.5 Å². The van der Waals surface area contributed by atoms with Gasteiger partial charge in [-0.1, -0.05) is 19.1 Å². The third-order valence-electron chi connectivity index (χ3n) is 4.59. The summed E-state index contributed by atoms with van der Waals surface area (Å²) in [5.74, 6) is 0.104. The van der Waals surface area contributed by atoms with Crippen molar-refractivity contribution in [2.75, 3.05) is 18.0 Å². The summed E-state index contributed by atoms with van der Waals surface area (Å²) in [6, 6.07) is 9.53. The zero-order valence-electron chi connectivity index (χ0n) is 14.5. The molecule has 3 rings (SSSR count). The van der Waals surface area contributed by atoms with Crippen LogP contribution >= 0.6 is 0 Å². The highest BCUT2D eigenvalue weighted by molar-refractivity contribution is 5.87. The van der Waals surface area contributed by atoms with E-state index in [1.807, 2.05) is 6.07 Å². The molecule has 25 heavy (non-hydrogen) atoms. The van der Waals surface area contributed by atoms with Gasteiger partial charge >= 0.3 is 5.97 Å². The minimum absolute atomic E-state index is 0.331. The minimum atomic E-state index is -0.888. The molecule has 1 unspecified atom stereocenters. The van der Waals surface area contributed by atoms with Gasteiger partial charge < -0.3 is 15.3 Å². The number of carboxylic acids is 1. The Morgan fingerprint density at radius 3 is 3.04 bits per heavy atom. The average molecular weight is 340 g/mol. The molecule has 6 nitrogen and oxygen atoms in total. The van der Waals surface area contributed by atoms with E-state index in [2.05, 4.69) is 33.2 Å². The first kappa shape index (κ1) is 17.4. The van der Waals surface area contributed by atoms with Gasteiger partial charge in [0.25, 0.3) is 0 Å². The zero-order valence-corrected chi connectivity index (χ0v) is 14.5. The lowest BCUT2D eigenvalue weighted by atomic mass is 10.0. The van der Waals surface area contributed by atoms with E-state index in [9.17, 15) is 4.79 Å². The maximum atomic E-state index is 11.1. The van der Waals surface area contributed by atoms with Crippen LogP contribution < -0.4 is 10.2 Å². The van der Waals surface area contributed by atoms with Crippen molar-refractivity contribution in [3.8, 4) is 0 Å². The van der Waals surface area contributed by atoms with E-state index >= 15 is 0 Å². The summed E-state index contributed by atoms with van der Waals surface area (Å²) in [6.45, 7) is 4.67. The Morgan fingerprint density at radius 1 is 1.36 bits per heavy atom. The van der Waals surface area contributed by atoms with Gasteiger partial charge in [-0.3, -0.25) is 0 Å². The van der Waals surface area contributed by atoms with Crippen molar-refractivity contribution >= 4 is 11.8 Å². The highest BCUT2D eigenvalue weighted by atomic mass is 16.4. The zero-order chi connectivity index (χ0) is 17.6. The maximum absolute atomic E-state index is 11.1. The molecule has 1 aliphatic heterocycles. The number of carbonyl (C=O) groups is 1. The van der Waals surface area contributed by atoms with Gasteiger partial charge in [-0.2, -0.15) is 0 Å². The number of benzene rings is 1. The van der Waals surface area contributed by atoms with Crippen LogP contribution in [0.5, 0.6) is 0 Å². The van der Waals surface area contributed by atoms with E-state index in [1.54, 1.807) is 24.5 Å². The molecule has 1 aromatic heterocycles.